The predicted molar refractivity (Wildman–Crippen MR) is 92.9 cm³/mol. The van der Waals surface area contributed by atoms with E-state index in [1.54, 1.807) is 19.9 Å². The molecule has 1 aliphatic carbocycles. The number of rotatable bonds is 2. The minimum atomic E-state index is -0.909. The Bertz CT molecular complexity index is 732. The Morgan fingerprint density at radius 3 is 2.68 bits per heavy atom. The lowest BCUT2D eigenvalue weighted by atomic mass is 9.66. The number of carbonyl (C=O) groups is 2. The minimum absolute atomic E-state index is 0.0460. The molecule has 0 radical (unpaired) electrons. The molecule has 1 saturated carbocycles. The van der Waals surface area contributed by atoms with Gasteiger partial charge in [-0.1, -0.05) is 0 Å². The van der Waals surface area contributed by atoms with Crippen LogP contribution in [0.25, 0.3) is 0 Å². The molecule has 5 nitrogen and oxygen atoms in total. The molecule has 1 fully saturated rings. The number of hydrogen-bond donors (Lipinski definition) is 1. The maximum absolute atomic E-state index is 12.1. The Kier molecular flexibility index (Phi) is 4.09. The molecule has 5 heteroatoms. The summed E-state index contributed by atoms with van der Waals surface area (Å²) in [6.07, 6.45) is 1.76. The summed E-state index contributed by atoms with van der Waals surface area (Å²) >= 11 is 0. The van der Waals surface area contributed by atoms with Gasteiger partial charge in [-0.05, 0) is 51.8 Å². The van der Waals surface area contributed by atoms with E-state index in [-0.39, 0.29) is 29.3 Å². The molecule has 0 saturated heterocycles. The summed E-state index contributed by atoms with van der Waals surface area (Å²) in [6.45, 7) is 7.55. The lowest BCUT2D eigenvalue weighted by Gasteiger charge is -2.47. The van der Waals surface area contributed by atoms with Crippen LogP contribution in [0.4, 0.5) is 0 Å². The number of hydrogen-bond acceptors (Lipinski definition) is 5. The van der Waals surface area contributed by atoms with Crippen LogP contribution in [0.1, 0.15) is 64.0 Å². The van der Waals surface area contributed by atoms with Crippen molar-refractivity contribution in [1.29, 1.82) is 0 Å². The van der Waals surface area contributed by atoms with E-state index in [1.165, 1.54) is 7.11 Å². The molecule has 1 heterocycles. The van der Waals surface area contributed by atoms with Crippen LogP contribution in [0.15, 0.2) is 12.1 Å². The Labute approximate surface area is 148 Å². The molecule has 1 aromatic rings. The number of phenols is 1. The fourth-order valence-electron chi connectivity index (χ4n) is 4.30. The van der Waals surface area contributed by atoms with Crippen LogP contribution in [0.3, 0.4) is 0 Å². The summed E-state index contributed by atoms with van der Waals surface area (Å²) in [5.74, 6) is 0.631. The van der Waals surface area contributed by atoms with Crippen molar-refractivity contribution in [3.05, 3.63) is 23.3 Å². The third-order valence-electron chi connectivity index (χ3n) is 5.84. The third kappa shape index (κ3) is 2.79. The minimum Gasteiger partial charge on any atom is -0.508 e. The van der Waals surface area contributed by atoms with Crippen molar-refractivity contribution >= 4 is 11.8 Å². The number of ether oxygens (including phenoxy) is 2. The molecule has 0 amide bonds. The topological polar surface area (TPSA) is 72.8 Å². The molecule has 0 unspecified atom stereocenters. The summed E-state index contributed by atoms with van der Waals surface area (Å²) in [7, 11) is 1.35. The van der Waals surface area contributed by atoms with Crippen molar-refractivity contribution in [3.8, 4) is 11.5 Å². The molecule has 1 N–H and O–H groups in total. The number of benzene rings is 1. The quantitative estimate of drug-likeness (QED) is 0.830. The second-order valence-electron chi connectivity index (χ2n) is 8.22. The van der Waals surface area contributed by atoms with Crippen molar-refractivity contribution in [2.75, 3.05) is 7.11 Å². The van der Waals surface area contributed by atoms with Crippen LogP contribution in [0, 0.1) is 5.92 Å². The van der Waals surface area contributed by atoms with Gasteiger partial charge in [0.25, 0.3) is 0 Å². The van der Waals surface area contributed by atoms with Crippen LogP contribution in [-0.4, -0.2) is 29.6 Å². The van der Waals surface area contributed by atoms with Gasteiger partial charge in [0.15, 0.2) is 0 Å². The van der Waals surface area contributed by atoms with Gasteiger partial charge in [-0.2, -0.15) is 0 Å². The third-order valence-corrected chi connectivity index (χ3v) is 5.84. The van der Waals surface area contributed by atoms with Gasteiger partial charge in [0.1, 0.15) is 22.9 Å². The molecule has 136 valence electrons. The van der Waals surface area contributed by atoms with Gasteiger partial charge < -0.3 is 14.6 Å². The molecule has 0 bridgehead atoms. The molecule has 1 aliphatic heterocycles. The molecule has 0 spiro atoms. The Hall–Kier alpha value is -2.04. The average Bonchev–Trinajstić information content (AvgIpc) is 2.52. The second kappa shape index (κ2) is 5.75. The molecular weight excluding hydrogens is 320 g/mol. The Morgan fingerprint density at radius 1 is 1.36 bits per heavy atom. The normalized spacial score (nSPS) is 24.8. The van der Waals surface area contributed by atoms with Gasteiger partial charge in [0.2, 0.25) is 0 Å². The van der Waals surface area contributed by atoms with Gasteiger partial charge in [0.05, 0.1) is 12.5 Å². The number of aromatic hydroxyl groups is 1. The van der Waals surface area contributed by atoms with Crippen molar-refractivity contribution < 1.29 is 24.2 Å². The van der Waals surface area contributed by atoms with Crippen molar-refractivity contribution in [3.63, 3.8) is 0 Å². The standard InChI is InChI=1S/C20H26O5/c1-19(2,18(23)24-5)11-8-15(22)17-13-10-12(21)6-7-14(13)20(3,4)25-16(17)9-11/h8-9,13-14,22H,6-7,10H2,1-5H3/t13-,14-/m1/s1. The van der Waals surface area contributed by atoms with E-state index in [0.29, 0.717) is 29.7 Å². The highest BCUT2D eigenvalue weighted by Crippen LogP contribution is 2.54. The molecule has 0 aromatic heterocycles. The molecular formula is C20H26O5. The van der Waals surface area contributed by atoms with Gasteiger partial charge in [-0.3, -0.25) is 9.59 Å². The van der Waals surface area contributed by atoms with E-state index in [1.807, 2.05) is 19.9 Å². The van der Waals surface area contributed by atoms with Crippen molar-refractivity contribution in [2.24, 2.45) is 5.92 Å². The number of ketones is 1. The highest BCUT2D eigenvalue weighted by atomic mass is 16.5. The zero-order valence-electron chi connectivity index (χ0n) is 15.5. The predicted octanol–water partition coefficient (Wildman–Crippen LogP) is 3.47. The van der Waals surface area contributed by atoms with Gasteiger partial charge >= 0.3 is 5.97 Å². The lowest BCUT2D eigenvalue weighted by Crippen LogP contribution is -2.47. The van der Waals surface area contributed by atoms with E-state index in [0.717, 1.165) is 6.42 Å². The average molecular weight is 346 g/mol. The SMILES string of the molecule is COC(=O)C(C)(C)c1cc(O)c2c(c1)OC(C)(C)[C@@H]1CCC(=O)C[C@@H]21. The number of methoxy groups -OCH3 is 1. The molecule has 1 aromatic carbocycles. The van der Waals surface area contributed by atoms with E-state index in [9.17, 15) is 14.7 Å². The number of fused-ring (bicyclic) bond motifs is 3. The van der Waals surface area contributed by atoms with E-state index in [4.69, 9.17) is 9.47 Å². The zero-order valence-corrected chi connectivity index (χ0v) is 15.5. The first-order valence-electron chi connectivity index (χ1n) is 8.74. The number of Topliss-reactive ketones (excluding diaryl/α,β-unsaturated/α-hetero) is 1. The first-order valence-corrected chi connectivity index (χ1v) is 8.74. The van der Waals surface area contributed by atoms with Crippen molar-refractivity contribution in [2.45, 2.75) is 63.9 Å². The number of phenolic OH excluding ortho intramolecular Hbond substituents is 1. The van der Waals surface area contributed by atoms with Crippen LogP contribution in [0.5, 0.6) is 11.5 Å². The van der Waals surface area contributed by atoms with E-state index < -0.39 is 11.0 Å². The molecule has 2 aliphatic rings. The largest absolute Gasteiger partial charge is 0.508 e. The number of carbonyl (C=O) groups excluding carboxylic acids is 2. The molecule has 3 rings (SSSR count). The summed E-state index contributed by atoms with van der Waals surface area (Å²) in [5, 5.41) is 10.7. The second-order valence-corrected chi connectivity index (χ2v) is 8.22. The fourth-order valence-corrected chi connectivity index (χ4v) is 4.30. The Morgan fingerprint density at radius 2 is 2.04 bits per heavy atom. The van der Waals surface area contributed by atoms with Gasteiger partial charge in [-0.15, -0.1) is 0 Å². The van der Waals surface area contributed by atoms with Crippen molar-refractivity contribution in [1.82, 2.24) is 0 Å². The summed E-state index contributed by atoms with van der Waals surface area (Å²) < 4.78 is 11.1. The maximum Gasteiger partial charge on any atom is 0.315 e. The highest BCUT2D eigenvalue weighted by Gasteiger charge is 2.48. The summed E-state index contributed by atoms with van der Waals surface area (Å²) in [6, 6.07) is 3.41. The van der Waals surface area contributed by atoms with Gasteiger partial charge in [0, 0.05) is 30.2 Å². The molecule has 25 heavy (non-hydrogen) atoms. The lowest BCUT2D eigenvalue weighted by molar-refractivity contribution is -0.146. The van der Waals surface area contributed by atoms with Crippen LogP contribution < -0.4 is 4.74 Å². The monoisotopic (exact) mass is 346 g/mol. The number of esters is 1. The van der Waals surface area contributed by atoms with E-state index >= 15 is 0 Å². The first kappa shape index (κ1) is 17.8. The van der Waals surface area contributed by atoms with Crippen LogP contribution in [0.2, 0.25) is 0 Å². The zero-order chi connectivity index (χ0) is 18.6. The highest BCUT2D eigenvalue weighted by molar-refractivity contribution is 5.83. The maximum atomic E-state index is 12.1. The van der Waals surface area contributed by atoms with Crippen LogP contribution in [-0.2, 0) is 19.7 Å². The fraction of sp³-hybridized carbons (Fsp3) is 0.600. The van der Waals surface area contributed by atoms with Gasteiger partial charge in [-0.25, -0.2) is 0 Å². The van der Waals surface area contributed by atoms with E-state index in [2.05, 4.69) is 0 Å². The smallest absolute Gasteiger partial charge is 0.315 e. The summed E-state index contributed by atoms with van der Waals surface area (Å²) in [5.41, 5.74) is -0.0129. The summed E-state index contributed by atoms with van der Waals surface area (Å²) in [4.78, 5) is 24.1. The first-order chi connectivity index (χ1) is 11.6. The molecule has 2 atom stereocenters. The van der Waals surface area contributed by atoms with Crippen LogP contribution >= 0.6 is 0 Å². The Balaban J connectivity index is 2.12.